The number of hydrogen-bond donors (Lipinski definition) is 0. The van der Waals surface area contributed by atoms with Gasteiger partial charge in [0.25, 0.3) is 5.91 Å². The maximum Gasteiger partial charge on any atom is 0.255 e. The second-order valence-corrected chi connectivity index (χ2v) is 6.09. The number of carbonyl (C=O) groups excluding carboxylic acids is 1. The number of piperazine rings is 1. The molecule has 0 spiro atoms. The molecule has 6 nitrogen and oxygen atoms in total. The molecule has 1 amide bonds. The second kappa shape index (κ2) is 6.47. The molecule has 1 aliphatic rings. The van der Waals surface area contributed by atoms with E-state index < -0.39 is 0 Å². The fraction of sp³-hybridized carbons (Fsp3) is 0.263. The normalized spacial score (nSPS) is 14.8. The van der Waals surface area contributed by atoms with Crippen LogP contribution in [0.5, 0.6) is 5.75 Å². The molecule has 0 radical (unpaired) electrons. The van der Waals surface area contributed by atoms with Gasteiger partial charge in [-0.1, -0.05) is 6.07 Å². The minimum atomic E-state index is 0.0851. The highest BCUT2D eigenvalue weighted by Crippen LogP contribution is 2.20. The fourth-order valence-corrected chi connectivity index (χ4v) is 3.19. The van der Waals surface area contributed by atoms with Gasteiger partial charge in [0, 0.05) is 56.4 Å². The molecule has 1 fully saturated rings. The minimum Gasteiger partial charge on any atom is -0.497 e. The first kappa shape index (κ1) is 15.5. The third-order valence-corrected chi connectivity index (χ3v) is 4.59. The van der Waals surface area contributed by atoms with E-state index in [2.05, 4.69) is 9.88 Å². The monoisotopic (exact) mass is 336 g/mol. The number of nitrogens with zero attached hydrogens (tertiary/aromatic N) is 4. The van der Waals surface area contributed by atoms with Crippen molar-refractivity contribution in [1.29, 1.82) is 0 Å². The van der Waals surface area contributed by atoms with Crippen molar-refractivity contribution >= 4 is 17.2 Å². The summed E-state index contributed by atoms with van der Waals surface area (Å²) in [6.45, 7) is 2.90. The highest BCUT2D eigenvalue weighted by Gasteiger charge is 2.23. The van der Waals surface area contributed by atoms with Crippen LogP contribution < -0.4 is 9.64 Å². The molecule has 0 aromatic carbocycles. The Balaban J connectivity index is 1.45. The Kier molecular flexibility index (Phi) is 4.01. The van der Waals surface area contributed by atoms with Crippen LogP contribution in [0.1, 0.15) is 10.4 Å². The van der Waals surface area contributed by atoms with E-state index in [0.717, 1.165) is 35.7 Å². The smallest absolute Gasteiger partial charge is 0.255 e. The number of ether oxygens (including phenoxy) is 1. The highest BCUT2D eigenvalue weighted by atomic mass is 16.5. The lowest BCUT2D eigenvalue weighted by Gasteiger charge is -2.35. The van der Waals surface area contributed by atoms with Gasteiger partial charge >= 0.3 is 0 Å². The third kappa shape index (κ3) is 3.03. The third-order valence-electron chi connectivity index (χ3n) is 4.59. The summed E-state index contributed by atoms with van der Waals surface area (Å²) < 4.78 is 7.23. The average Bonchev–Trinajstić information content (AvgIpc) is 3.12. The maximum absolute atomic E-state index is 12.8. The van der Waals surface area contributed by atoms with Gasteiger partial charge in [-0.3, -0.25) is 4.79 Å². The number of amides is 1. The zero-order chi connectivity index (χ0) is 17.2. The number of pyridine rings is 2. The molecule has 1 saturated heterocycles. The molecule has 128 valence electrons. The van der Waals surface area contributed by atoms with E-state index in [1.54, 1.807) is 13.3 Å². The molecule has 0 saturated carbocycles. The Bertz CT molecular complexity index is 864. The highest BCUT2D eigenvalue weighted by molar-refractivity contribution is 5.95. The van der Waals surface area contributed by atoms with Gasteiger partial charge in [0.05, 0.1) is 12.7 Å². The second-order valence-electron chi connectivity index (χ2n) is 6.09. The quantitative estimate of drug-likeness (QED) is 0.736. The van der Waals surface area contributed by atoms with Gasteiger partial charge < -0.3 is 18.9 Å². The number of anilines is 1. The Morgan fingerprint density at radius 1 is 1.12 bits per heavy atom. The first-order chi connectivity index (χ1) is 12.2. The minimum absolute atomic E-state index is 0.0851. The zero-order valence-corrected chi connectivity index (χ0v) is 14.1. The molecular weight excluding hydrogens is 316 g/mol. The first-order valence-electron chi connectivity index (χ1n) is 8.35. The predicted octanol–water partition coefficient (Wildman–Crippen LogP) is 2.31. The van der Waals surface area contributed by atoms with Crippen LogP contribution in [0.15, 0.2) is 55.0 Å². The fourth-order valence-electron chi connectivity index (χ4n) is 3.19. The van der Waals surface area contributed by atoms with Crippen LogP contribution in [0.25, 0.3) is 5.52 Å². The summed E-state index contributed by atoms with van der Waals surface area (Å²) in [5.41, 5.74) is 1.77. The van der Waals surface area contributed by atoms with Gasteiger partial charge in [0.2, 0.25) is 0 Å². The van der Waals surface area contributed by atoms with Gasteiger partial charge in [0.15, 0.2) is 0 Å². The topological polar surface area (TPSA) is 50.1 Å². The average molecular weight is 336 g/mol. The molecular formula is C19H20N4O2. The van der Waals surface area contributed by atoms with Crippen LogP contribution in [0.2, 0.25) is 0 Å². The van der Waals surface area contributed by atoms with E-state index in [1.165, 1.54) is 0 Å². The van der Waals surface area contributed by atoms with Crippen molar-refractivity contribution in [3.8, 4) is 5.75 Å². The van der Waals surface area contributed by atoms with Crippen LogP contribution in [-0.4, -0.2) is 53.5 Å². The van der Waals surface area contributed by atoms with Crippen molar-refractivity contribution in [3.05, 3.63) is 60.6 Å². The summed E-state index contributed by atoms with van der Waals surface area (Å²) in [5, 5.41) is 0. The SMILES string of the molecule is COc1ccnc(N2CCN(C(=O)c3cc4ccccn4c3)CC2)c1. The van der Waals surface area contributed by atoms with Gasteiger partial charge in [-0.2, -0.15) is 0 Å². The lowest BCUT2D eigenvalue weighted by Crippen LogP contribution is -2.49. The number of rotatable bonds is 3. The maximum atomic E-state index is 12.8. The summed E-state index contributed by atoms with van der Waals surface area (Å²) >= 11 is 0. The number of aromatic nitrogens is 2. The summed E-state index contributed by atoms with van der Waals surface area (Å²) in [7, 11) is 1.65. The zero-order valence-electron chi connectivity index (χ0n) is 14.1. The number of methoxy groups -OCH3 is 1. The molecule has 4 rings (SSSR count). The van der Waals surface area contributed by atoms with Gasteiger partial charge in [-0.05, 0) is 24.3 Å². The Morgan fingerprint density at radius 2 is 1.96 bits per heavy atom. The molecule has 0 atom stereocenters. The number of carbonyl (C=O) groups is 1. The molecule has 25 heavy (non-hydrogen) atoms. The summed E-state index contributed by atoms with van der Waals surface area (Å²) in [5.74, 6) is 1.77. The van der Waals surface area contributed by atoms with Crippen molar-refractivity contribution in [1.82, 2.24) is 14.3 Å². The van der Waals surface area contributed by atoms with E-state index in [4.69, 9.17) is 4.74 Å². The van der Waals surface area contributed by atoms with E-state index >= 15 is 0 Å². The Morgan fingerprint density at radius 3 is 2.72 bits per heavy atom. The Labute approximate surface area is 146 Å². The van der Waals surface area contributed by atoms with Crippen LogP contribution in [0.3, 0.4) is 0 Å². The van der Waals surface area contributed by atoms with Crippen molar-refractivity contribution in [2.45, 2.75) is 0 Å². The predicted molar refractivity (Wildman–Crippen MR) is 96.3 cm³/mol. The lowest BCUT2D eigenvalue weighted by molar-refractivity contribution is 0.0746. The van der Waals surface area contributed by atoms with Crippen LogP contribution in [0, 0.1) is 0 Å². The summed E-state index contributed by atoms with van der Waals surface area (Å²) in [6, 6.07) is 11.6. The molecule has 3 aromatic rings. The van der Waals surface area contributed by atoms with Crippen molar-refractivity contribution in [3.63, 3.8) is 0 Å². The molecule has 0 unspecified atom stereocenters. The van der Waals surface area contributed by atoms with Crippen molar-refractivity contribution < 1.29 is 9.53 Å². The standard InChI is InChI=1S/C19H20N4O2/c1-25-17-5-6-20-18(13-17)21-8-10-22(11-9-21)19(24)15-12-16-4-2-3-7-23(16)14-15/h2-7,12-14H,8-11H2,1H3. The van der Waals surface area contributed by atoms with E-state index in [9.17, 15) is 4.79 Å². The van der Waals surface area contributed by atoms with Gasteiger partial charge in [0.1, 0.15) is 11.6 Å². The molecule has 4 heterocycles. The first-order valence-corrected chi connectivity index (χ1v) is 8.35. The summed E-state index contributed by atoms with van der Waals surface area (Å²) in [4.78, 5) is 21.3. The Hall–Kier alpha value is -3.02. The number of fused-ring (bicyclic) bond motifs is 1. The molecule has 0 bridgehead atoms. The van der Waals surface area contributed by atoms with Crippen molar-refractivity contribution in [2.75, 3.05) is 38.2 Å². The lowest BCUT2D eigenvalue weighted by atomic mass is 10.2. The van der Waals surface area contributed by atoms with E-state index in [0.29, 0.717) is 13.1 Å². The molecule has 3 aromatic heterocycles. The van der Waals surface area contributed by atoms with Crippen LogP contribution in [0.4, 0.5) is 5.82 Å². The van der Waals surface area contributed by atoms with Gasteiger partial charge in [-0.15, -0.1) is 0 Å². The van der Waals surface area contributed by atoms with Crippen LogP contribution >= 0.6 is 0 Å². The van der Waals surface area contributed by atoms with Crippen molar-refractivity contribution in [2.24, 2.45) is 0 Å². The molecule has 1 aliphatic heterocycles. The number of hydrogen-bond acceptors (Lipinski definition) is 4. The summed E-state index contributed by atoms with van der Waals surface area (Å²) in [6.07, 6.45) is 5.60. The van der Waals surface area contributed by atoms with Crippen LogP contribution in [-0.2, 0) is 0 Å². The molecule has 0 aliphatic carbocycles. The largest absolute Gasteiger partial charge is 0.497 e. The van der Waals surface area contributed by atoms with Gasteiger partial charge in [-0.25, -0.2) is 4.98 Å². The molecule has 0 N–H and O–H groups in total. The van der Waals surface area contributed by atoms with E-state index in [1.807, 2.05) is 58.1 Å². The van der Waals surface area contributed by atoms with E-state index in [-0.39, 0.29) is 5.91 Å². The molecule has 6 heteroatoms.